The number of rotatable bonds is 7. The molecule has 0 amide bonds. The minimum absolute atomic E-state index is 0.538. The number of para-hydroxylation sites is 1. The van der Waals surface area contributed by atoms with Crippen molar-refractivity contribution in [2.75, 3.05) is 46.4 Å². The van der Waals surface area contributed by atoms with Crippen molar-refractivity contribution < 1.29 is 4.74 Å². The maximum Gasteiger partial charge on any atom is 0.191 e. The monoisotopic (exact) mass is 338 g/mol. The van der Waals surface area contributed by atoms with Crippen molar-refractivity contribution in [2.45, 2.75) is 19.3 Å². The summed E-state index contributed by atoms with van der Waals surface area (Å²) in [5.41, 5.74) is 0. The molecule has 0 radical (unpaired) electrons. The molecular formula is C17H27ClN4O. The van der Waals surface area contributed by atoms with Gasteiger partial charge in [-0.1, -0.05) is 30.2 Å². The van der Waals surface area contributed by atoms with Crippen LogP contribution in [0.4, 0.5) is 0 Å². The Labute approximate surface area is 144 Å². The number of aliphatic imine (C=N–C) groups is 1. The number of likely N-dealkylation sites (tertiary alicyclic amines) is 1. The van der Waals surface area contributed by atoms with Gasteiger partial charge in [0.15, 0.2) is 5.96 Å². The van der Waals surface area contributed by atoms with Gasteiger partial charge in [0.25, 0.3) is 0 Å². The van der Waals surface area contributed by atoms with Crippen molar-refractivity contribution in [1.29, 1.82) is 0 Å². The van der Waals surface area contributed by atoms with Crippen LogP contribution < -0.4 is 15.4 Å². The lowest BCUT2D eigenvalue weighted by Crippen LogP contribution is -2.43. The zero-order valence-electron chi connectivity index (χ0n) is 13.9. The Morgan fingerprint density at radius 3 is 2.65 bits per heavy atom. The van der Waals surface area contributed by atoms with Crippen LogP contribution in [0.25, 0.3) is 0 Å². The smallest absolute Gasteiger partial charge is 0.191 e. The summed E-state index contributed by atoms with van der Waals surface area (Å²) in [4.78, 5) is 6.73. The summed E-state index contributed by atoms with van der Waals surface area (Å²) in [6, 6.07) is 7.50. The molecule has 0 saturated carbocycles. The van der Waals surface area contributed by atoms with Crippen LogP contribution in [-0.2, 0) is 0 Å². The lowest BCUT2D eigenvalue weighted by Gasteiger charge is -2.26. The molecule has 1 fully saturated rings. The standard InChI is InChI=1S/C17H27ClN4O/c1-19-17(20-9-13-22-11-5-2-6-12-22)21-10-14-23-16-8-4-3-7-15(16)18/h3-4,7-8H,2,5-6,9-14H2,1H3,(H2,19,20,21). The minimum atomic E-state index is 0.538. The predicted molar refractivity (Wildman–Crippen MR) is 96.6 cm³/mol. The van der Waals surface area contributed by atoms with E-state index in [1.165, 1.54) is 32.4 Å². The van der Waals surface area contributed by atoms with Gasteiger partial charge < -0.3 is 20.3 Å². The van der Waals surface area contributed by atoms with Gasteiger partial charge >= 0.3 is 0 Å². The van der Waals surface area contributed by atoms with Crippen LogP contribution in [-0.4, -0.2) is 57.2 Å². The molecule has 1 heterocycles. The summed E-state index contributed by atoms with van der Waals surface area (Å²) in [5, 5.41) is 7.23. The van der Waals surface area contributed by atoms with E-state index in [1.54, 1.807) is 7.05 Å². The fraction of sp³-hybridized carbons (Fsp3) is 0.588. The molecule has 0 aromatic heterocycles. The van der Waals surface area contributed by atoms with Crippen LogP contribution in [0.5, 0.6) is 5.75 Å². The first kappa shape index (κ1) is 17.9. The number of ether oxygens (including phenoxy) is 1. The Morgan fingerprint density at radius 1 is 1.17 bits per heavy atom. The third kappa shape index (κ3) is 6.67. The maximum absolute atomic E-state index is 6.05. The molecule has 0 atom stereocenters. The highest BCUT2D eigenvalue weighted by molar-refractivity contribution is 6.32. The highest BCUT2D eigenvalue weighted by Gasteiger charge is 2.09. The van der Waals surface area contributed by atoms with Gasteiger partial charge in [0.2, 0.25) is 0 Å². The number of halogens is 1. The number of piperidine rings is 1. The summed E-state index contributed by atoms with van der Waals surface area (Å²) >= 11 is 6.05. The minimum Gasteiger partial charge on any atom is -0.490 e. The number of hydrogen-bond acceptors (Lipinski definition) is 3. The van der Waals surface area contributed by atoms with E-state index in [-0.39, 0.29) is 0 Å². The van der Waals surface area contributed by atoms with Gasteiger partial charge in [0.1, 0.15) is 12.4 Å². The molecule has 1 aliphatic rings. The highest BCUT2D eigenvalue weighted by atomic mass is 35.5. The van der Waals surface area contributed by atoms with Gasteiger partial charge in [0, 0.05) is 20.1 Å². The van der Waals surface area contributed by atoms with Crippen molar-refractivity contribution in [2.24, 2.45) is 4.99 Å². The second-order valence-electron chi connectivity index (χ2n) is 5.61. The van der Waals surface area contributed by atoms with Crippen LogP contribution in [0.15, 0.2) is 29.3 Å². The zero-order chi connectivity index (χ0) is 16.3. The second kappa shape index (κ2) is 10.3. The Hall–Kier alpha value is -1.46. The number of hydrogen-bond donors (Lipinski definition) is 2. The van der Waals surface area contributed by atoms with E-state index in [1.807, 2.05) is 24.3 Å². The Morgan fingerprint density at radius 2 is 1.91 bits per heavy atom. The van der Waals surface area contributed by atoms with Gasteiger partial charge in [0.05, 0.1) is 11.6 Å². The van der Waals surface area contributed by atoms with E-state index in [9.17, 15) is 0 Å². The Kier molecular flexibility index (Phi) is 8.04. The summed E-state index contributed by atoms with van der Waals surface area (Å²) in [6.07, 6.45) is 4.03. The van der Waals surface area contributed by atoms with Crippen molar-refractivity contribution in [3.63, 3.8) is 0 Å². The van der Waals surface area contributed by atoms with Crippen LogP contribution in [0.2, 0.25) is 5.02 Å². The zero-order valence-corrected chi connectivity index (χ0v) is 14.6. The molecule has 5 nitrogen and oxygen atoms in total. The average molecular weight is 339 g/mol. The fourth-order valence-corrected chi connectivity index (χ4v) is 2.82. The first-order valence-electron chi connectivity index (χ1n) is 8.34. The number of benzene rings is 1. The van der Waals surface area contributed by atoms with E-state index in [2.05, 4.69) is 20.5 Å². The predicted octanol–water partition coefficient (Wildman–Crippen LogP) is 2.37. The average Bonchev–Trinajstić information content (AvgIpc) is 2.59. The second-order valence-corrected chi connectivity index (χ2v) is 6.01. The van der Waals surface area contributed by atoms with E-state index >= 15 is 0 Å². The van der Waals surface area contributed by atoms with E-state index in [0.29, 0.717) is 23.9 Å². The summed E-state index contributed by atoms with van der Waals surface area (Å²) in [7, 11) is 1.78. The number of nitrogens with one attached hydrogen (secondary N) is 2. The normalized spacial score (nSPS) is 16.2. The third-order valence-electron chi connectivity index (χ3n) is 3.88. The van der Waals surface area contributed by atoms with Gasteiger partial charge in [-0.3, -0.25) is 4.99 Å². The first-order chi connectivity index (χ1) is 11.3. The van der Waals surface area contributed by atoms with Crippen molar-refractivity contribution in [3.05, 3.63) is 29.3 Å². The lowest BCUT2D eigenvalue weighted by molar-refractivity contribution is 0.232. The molecule has 23 heavy (non-hydrogen) atoms. The molecule has 0 spiro atoms. The quantitative estimate of drug-likeness (QED) is 0.455. The molecule has 1 aromatic carbocycles. The van der Waals surface area contributed by atoms with Gasteiger partial charge in [-0.2, -0.15) is 0 Å². The van der Waals surface area contributed by atoms with Crippen LogP contribution in [0.1, 0.15) is 19.3 Å². The summed E-state index contributed by atoms with van der Waals surface area (Å²) in [5.74, 6) is 1.52. The SMILES string of the molecule is CN=C(NCCOc1ccccc1Cl)NCCN1CCCCC1. The van der Waals surface area contributed by atoms with E-state index in [4.69, 9.17) is 16.3 Å². The third-order valence-corrected chi connectivity index (χ3v) is 4.19. The molecule has 1 saturated heterocycles. The molecule has 0 aliphatic carbocycles. The number of guanidine groups is 1. The van der Waals surface area contributed by atoms with Gasteiger partial charge in [-0.05, 0) is 38.1 Å². The van der Waals surface area contributed by atoms with Crippen LogP contribution >= 0.6 is 11.6 Å². The van der Waals surface area contributed by atoms with Crippen molar-refractivity contribution in [1.82, 2.24) is 15.5 Å². The van der Waals surface area contributed by atoms with Crippen LogP contribution in [0, 0.1) is 0 Å². The van der Waals surface area contributed by atoms with Crippen molar-refractivity contribution >= 4 is 17.6 Å². The topological polar surface area (TPSA) is 48.9 Å². The lowest BCUT2D eigenvalue weighted by atomic mass is 10.1. The van der Waals surface area contributed by atoms with Gasteiger partial charge in [-0.15, -0.1) is 0 Å². The number of nitrogens with zero attached hydrogens (tertiary/aromatic N) is 2. The molecule has 6 heteroatoms. The fourth-order valence-electron chi connectivity index (χ4n) is 2.63. The largest absolute Gasteiger partial charge is 0.490 e. The van der Waals surface area contributed by atoms with Gasteiger partial charge in [-0.25, -0.2) is 0 Å². The molecule has 0 bridgehead atoms. The first-order valence-corrected chi connectivity index (χ1v) is 8.71. The van der Waals surface area contributed by atoms with Crippen LogP contribution in [0.3, 0.4) is 0 Å². The van der Waals surface area contributed by atoms with Crippen molar-refractivity contribution in [3.8, 4) is 5.75 Å². The molecule has 1 aromatic rings. The maximum atomic E-state index is 6.05. The van der Waals surface area contributed by atoms with E-state index < -0.39 is 0 Å². The summed E-state index contributed by atoms with van der Waals surface area (Å²) in [6.45, 7) is 5.63. The molecule has 128 valence electrons. The Balaban J connectivity index is 1.58. The Bertz CT molecular complexity index is 489. The highest BCUT2D eigenvalue weighted by Crippen LogP contribution is 2.22. The van der Waals surface area contributed by atoms with E-state index in [0.717, 1.165) is 19.0 Å². The molecule has 2 rings (SSSR count). The molecule has 1 aliphatic heterocycles. The summed E-state index contributed by atoms with van der Waals surface area (Å²) < 4.78 is 5.65. The molecular weight excluding hydrogens is 312 g/mol. The molecule has 2 N–H and O–H groups in total. The molecule has 0 unspecified atom stereocenters.